The highest BCUT2D eigenvalue weighted by Gasteiger charge is 2.52. The Hall–Kier alpha value is -1.29. The summed E-state index contributed by atoms with van der Waals surface area (Å²) >= 11 is 0. The molecule has 0 N–H and O–H groups in total. The molecule has 2 atom stereocenters. The van der Waals surface area contributed by atoms with E-state index >= 15 is 0 Å². The third-order valence-electron chi connectivity index (χ3n) is 4.92. The molecule has 0 amide bonds. The zero-order chi connectivity index (χ0) is 16.0. The van der Waals surface area contributed by atoms with Crippen LogP contribution in [0.5, 0.6) is 0 Å². The van der Waals surface area contributed by atoms with Crippen LogP contribution in [0.1, 0.15) is 51.6 Å². The fraction of sp³-hybridized carbons (Fsp3) is 0.611. The molecular formula is C18H24F2N2. The lowest BCUT2D eigenvalue weighted by Crippen LogP contribution is -2.53. The van der Waals surface area contributed by atoms with Crippen LogP contribution in [0.2, 0.25) is 0 Å². The number of aliphatic imine (C=N–C) groups is 1. The summed E-state index contributed by atoms with van der Waals surface area (Å²) in [5, 5.41) is 0. The summed E-state index contributed by atoms with van der Waals surface area (Å²) in [5.74, 6) is -2.55. The van der Waals surface area contributed by atoms with E-state index in [0.717, 1.165) is 12.1 Å². The van der Waals surface area contributed by atoms with Crippen molar-refractivity contribution in [3.05, 3.63) is 35.9 Å². The Labute approximate surface area is 131 Å². The van der Waals surface area contributed by atoms with Gasteiger partial charge in [0.05, 0.1) is 12.6 Å². The van der Waals surface area contributed by atoms with Crippen molar-refractivity contribution in [3.63, 3.8) is 0 Å². The van der Waals surface area contributed by atoms with Crippen molar-refractivity contribution in [2.45, 2.75) is 63.6 Å². The van der Waals surface area contributed by atoms with Gasteiger partial charge >= 0.3 is 0 Å². The second kappa shape index (κ2) is 5.41. The molecule has 2 aliphatic heterocycles. The molecule has 3 rings (SSSR count). The van der Waals surface area contributed by atoms with Gasteiger partial charge in [-0.1, -0.05) is 30.3 Å². The highest BCUT2D eigenvalue weighted by atomic mass is 19.3. The van der Waals surface area contributed by atoms with E-state index in [9.17, 15) is 8.78 Å². The number of rotatable bonds is 2. The fourth-order valence-corrected chi connectivity index (χ4v) is 3.91. The van der Waals surface area contributed by atoms with Gasteiger partial charge in [0.25, 0.3) is 5.92 Å². The first kappa shape index (κ1) is 15.6. The van der Waals surface area contributed by atoms with Crippen LogP contribution in [0.4, 0.5) is 8.78 Å². The highest BCUT2D eigenvalue weighted by molar-refractivity contribution is 5.87. The normalized spacial score (nSPS) is 30.2. The minimum Gasteiger partial charge on any atom is -0.288 e. The molecule has 0 radical (unpaired) electrons. The average molecular weight is 306 g/mol. The lowest BCUT2D eigenvalue weighted by Gasteiger charge is -2.44. The average Bonchev–Trinajstić information content (AvgIpc) is 2.74. The maximum atomic E-state index is 13.8. The highest BCUT2D eigenvalue weighted by Crippen LogP contribution is 2.43. The number of hydrogen-bond acceptors (Lipinski definition) is 2. The van der Waals surface area contributed by atoms with Crippen LogP contribution in [-0.2, 0) is 0 Å². The van der Waals surface area contributed by atoms with E-state index < -0.39 is 5.92 Å². The van der Waals surface area contributed by atoms with Gasteiger partial charge in [-0.05, 0) is 26.3 Å². The largest absolute Gasteiger partial charge is 0.288 e. The number of nitrogens with zero attached hydrogens (tertiary/aromatic N) is 2. The molecule has 1 aromatic carbocycles. The van der Waals surface area contributed by atoms with E-state index in [-0.39, 0.29) is 30.6 Å². The molecule has 2 fully saturated rings. The van der Waals surface area contributed by atoms with E-state index in [0.29, 0.717) is 6.42 Å². The third-order valence-corrected chi connectivity index (χ3v) is 4.92. The zero-order valence-electron chi connectivity index (χ0n) is 13.5. The summed E-state index contributed by atoms with van der Waals surface area (Å²) in [6.07, 6.45) is 1.42. The quantitative estimate of drug-likeness (QED) is 0.787. The summed E-state index contributed by atoms with van der Waals surface area (Å²) in [6.45, 7) is 6.09. The van der Waals surface area contributed by atoms with Gasteiger partial charge in [0.1, 0.15) is 0 Å². The number of hydrogen-bond donors (Lipinski definition) is 0. The molecule has 0 aromatic heterocycles. The fourth-order valence-electron chi connectivity index (χ4n) is 3.91. The van der Waals surface area contributed by atoms with Gasteiger partial charge in [-0.2, -0.15) is 0 Å². The van der Waals surface area contributed by atoms with E-state index in [4.69, 9.17) is 4.99 Å². The minimum absolute atomic E-state index is 0.0326. The molecule has 22 heavy (non-hydrogen) atoms. The van der Waals surface area contributed by atoms with Gasteiger partial charge in [-0.15, -0.1) is 0 Å². The van der Waals surface area contributed by atoms with Crippen molar-refractivity contribution in [1.29, 1.82) is 0 Å². The number of benzene rings is 1. The molecule has 0 spiro atoms. The van der Waals surface area contributed by atoms with E-state index in [1.807, 2.05) is 23.1 Å². The molecule has 120 valence electrons. The van der Waals surface area contributed by atoms with Gasteiger partial charge < -0.3 is 0 Å². The molecule has 0 aliphatic carbocycles. The van der Waals surface area contributed by atoms with Crippen molar-refractivity contribution in [2.24, 2.45) is 4.99 Å². The molecule has 2 heterocycles. The summed E-state index contributed by atoms with van der Waals surface area (Å²) in [5.41, 5.74) is 2.02. The van der Waals surface area contributed by atoms with Crippen LogP contribution in [0.15, 0.2) is 35.3 Å². The van der Waals surface area contributed by atoms with Crippen LogP contribution >= 0.6 is 0 Å². The Morgan fingerprint density at radius 1 is 1.23 bits per heavy atom. The molecule has 4 heteroatoms. The van der Waals surface area contributed by atoms with Crippen LogP contribution in [0, 0.1) is 0 Å². The molecule has 2 aliphatic rings. The molecule has 0 unspecified atom stereocenters. The first-order valence-corrected chi connectivity index (χ1v) is 8.02. The number of halogens is 2. The van der Waals surface area contributed by atoms with Gasteiger partial charge in [-0.25, -0.2) is 8.78 Å². The minimum atomic E-state index is -2.55. The van der Waals surface area contributed by atoms with Crippen molar-refractivity contribution in [3.8, 4) is 0 Å². The van der Waals surface area contributed by atoms with Gasteiger partial charge in [0.2, 0.25) is 0 Å². The van der Waals surface area contributed by atoms with Gasteiger partial charge in [0.15, 0.2) is 0 Å². The summed E-state index contributed by atoms with van der Waals surface area (Å²) in [7, 11) is 0. The topological polar surface area (TPSA) is 15.6 Å². The van der Waals surface area contributed by atoms with Crippen LogP contribution in [0.25, 0.3) is 0 Å². The monoisotopic (exact) mass is 306 g/mol. The van der Waals surface area contributed by atoms with E-state index in [1.54, 1.807) is 0 Å². The van der Waals surface area contributed by atoms with Gasteiger partial charge in [-0.3, -0.25) is 9.89 Å². The molecular weight excluding hydrogens is 282 g/mol. The van der Waals surface area contributed by atoms with Crippen LogP contribution in [0.3, 0.4) is 0 Å². The Bertz CT molecular complexity index is 566. The second-order valence-corrected chi connectivity index (χ2v) is 7.32. The van der Waals surface area contributed by atoms with E-state index in [1.165, 1.54) is 5.56 Å². The number of fused-ring (bicyclic) bond motifs is 1. The summed E-state index contributed by atoms with van der Waals surface area (Å²) < 4.78 is 27.5. The molecule has 2 saturated heterocycles. The third kappa shape index (κ3) is 3.07. The maximum absolute atomic E-state index is 13.8. The Balaban J connectivity index is 1.80. The summed E-state index contributed by atoms with van der Waals surface area (Å²) in [4.78, 5) is 6.84. The van der Waals surface area contributed by atoms with Crippen molar-refractivity contribution in [2.75, 3.05) is 6.54 Å². The SMILES string of the molecule is C[C@H](/N=C1/C[C@@H]2CC(F)(F)CN2C(C)(C)C1)c1ccccc1. The number of alkyl halides is 2. The van der Waals surface area contributed by atoms with Gasteiger partial charge in [0, 0.05) is 36.6 Å². The Morgan fingerprint density at radius 2 is 1.91 bits per heavy atom. The maximum Gasteiger partial charge on any atom is 0.262 e. The summed E-state index contributed by atoms with van der Waals surface area (Å²) in [6, 6.07) is 10.2. The van der Waals surface area contributed by atoms with Crippen LogP contribution in [-0.4, -0.2) is 34.7 Å². The Morgan fingerprint density at radius 3 is 2.59 bits per heavy atom. The Kier molecular flexibility index (Phi) is 3.84. The predicted octanol–water partition coefficient (Wildman–Crippen LogP) is 4.47. The van der Waals surface area contributed by atoms with Crippen molar-refractivity contribution >= 4 is 5.71 Å². The van der Waals surface area contributed by atoms with Crippen molar-refractivity contribution in [1.82, 2.24) is 4.90 Å². The zero-order valence-corrected chi connectivity index (χ0v) is 13.5. The standard InChI is InChI=1S/C18H24F2N2/c1-13(14-7-5-4-6-8-14)21-15-9-16-11-18(19,20)12-22(16)17(2,3)10-15/h4-8,13,16H,9-12H2,1-3H3/b21-15-/t13-,16+/m0/s1. The number of piperidine rings is 1. The van der Waals surface area contributed by atoms with E-state index in [2.05, 4.69) is 32.9 Å². The van der Waals surface area contributed by atoms with Crippen LogP contribution < -0.4 is 0 Å². The molecule has 1 aromatic rings. The predicted molar refractivity (Wildman–Crippen MR) is 85.7 cm³/mol. The first-order valence-electron chi connectivity index (χ1n) is 8.02. The smallest absolute Gasteiger partial charge is 0.262 e. The molecule has 2 nitrogen and oxygen atoms in total. The molecule has 0 saturated carbocycles. The second-order valence-electron chi connectivity index (χ2n) is 7.32. The van der Waals surface area contributed by atoms with Crippen molar-refractivity contribution < 1.29 is 8.78 Å². The lowest BCUT2D eigenvalue weighted by atomic mass is 9.85. The molecule has 0 bridgehead atoms. The lowest BCUT2D eigenvalue weighted by molar-refractivity contribution is -0.000791. The first-order chi connectivity index (χ1) is 10.3.